The summed E-state index contributed by atoms with van der Waals surface area (Å²) >= 11 is 0. The SMILES string of the molecule is C#CC1CCC(Cn2c(-c3cc(C(C)C)ccn3)nc3nc(C(=N)NC(=O)O)nc(N(CC)[C@H](C)C4CCC4)c32)CC1. The van der Waals surface area contributed by atoms with Crippen molar-refractivity contribution in [1.82, 2.24) is 29.8 Å². The highest BCUT2D eigenvalue weighted by atomic mass is 16.4. The van der Waals surface area contributed by atoms with Crippen molar-refractivity contribution in [2.24, 2.45) is 17.8 Å². The van der Waals surface area contributed by atoms with E-state index >= 15 is 0 Å². The van der Waals surface area contributed by atoms with Gasteiger partial charge in [0.2, 0.25) is 0 Å². The second-order valence-electron chi connectivity index (χ2n) is 12.1. The van der Waals surface area contributed by atoms with Crippen LogP contribution in [-0.4, -0.2) is 54.1 Å². The number of terminal acetylenes is 1. The summed E-state index contributed by atoms with van der Waals surface area (Å²) in [6.45, 7) is 10.1. The molecule has 2 aliphatic carbocycles. The van der Waals surface area contributed by atoms with Gasteiger partial charge in [0.25, 0.3) is 0 Å². The van der Waals surface area contributed by atoms with Crippen LogP contribution >= 0.6 is 0 Å². The van der Waals surface area contributed by atoms with Gasteiger partial charge in [0, 0.05) is 31.2 Å². The normalized spacial score (nSPS) is 19.7. The number of nitrogens with zero attached hydrogens (tertiary/aromatic N) is 6. The summed E-state index contributed by atoms with van der Waals surface area (Å²) in [5.41, 5.74) is 3.18. The molecule has 10 heteroatoms. The maximum absolute atomic E-state index is 11.4. The highest BCUT2D eigenvalue weighted by Gasteiger charge is 2.33. The Labute approximate surface area is 247 Å². The number of imidazole rings is 1. The van der Waals surface area contributed by atoms with E-state index in [9.17, 15) is 9.90 Å². The zero-order valence-corrected chi connectivity index (χ0v) is 25.1. The number of hydrogen-bond acceptors (Lipinski definition) is 7. The number of carbonyl (C=O) groups is 1. The van der Waals surface area contributed by atoms with Gasteiger partial charge in [-0.3, -0.25) is 15.7 Å². The molecule has 222 valence electrons. The monoisotopic (exact) mass is 570 g/mol. The quantitative estimate of drug-likeness (QED) is 0.162. The highest BCUT2D eigenvalue weighted by molar-refractivity contribution is 6.03. The number of fused-ring (bicyclic) bond motifs is 1. The van der Waals surface area contributed by atoms with E-state index in [0.29, 0.717) is 47.5 Å². The first kappa shape index (κ1) is 29.5. The van der Waals surface area contributed by atoms with Gasteiger partial charge in [-0.05, 0) is 87.8 Å². The fourth-order valence-corrected chi connectivity index (χ4v) is 6.37. The zero-order valence-electron chi connectivity index (χ0n) is 25.1. The number of amides is 1. The number of hydrogen-bond donors (Lipinski definition) is 3. The first-order valence-corrected chi connectivity index (χ1v) is 15.3. The Balaban J connectivity index is 1.71. The second kappa shape index (κ2) is 12.5. The van der Waals surface area contributed by atoms with E-state index in [4.69, 9.17) is 26.8 Å². The Hall–Kier alpha value is -4.00. The summed E-state index contributed by atoms with van der Waals surface area (Å²) in [5, 5.41) is 19.8. The van der Waals surface area contributed by atoms with Crippen LogP contribution in [0, 0.1) is 35.5 Å². The van der Waals surface area contributed by atoms with Crippen molar-refractivity contribution in [2.75, 3.05) is 11.4 Å². The number of aromatic nitrogens is 5. The Kier molecular flexibility index (Phi) is 8.76. The van der Waals surface area contributed by atoms with Crippen molar-refractivity contribution >= 4 is 28.9 Å². The molecular formula is C32H42N8O2. The first-order chi connectivity index (χ1) is 20.2. The van der Waals surface area contributed by atoms with Crippen LogP contribution < -0.4 is 10.2 Å². The Morgan fingerprint density at radius 3 is 2.52 bits per heavy atom. The molecule has 2 fully saturated rings. The lowest BCUT2D eigenvalue weighted by atomic mass is 9.80. The number of pyridine rings is 1. The number of rotatable bonds is 9. The van der Waals surface area contributed by atoms with Crippen molar-refractivity contribution in [3.63, 3.8) is 0 Å². The van der Waals surface area contributed by atoms with Crippen LogP contribution in [0.4, 0.5) is 10.6 Å². The van der Waals surface area contributed by atoms with Crippen molar-refractivity contribution in [1.29, 1.82) is 5.41 Å². The van der Waals surface area contributed by atoms with E-state index in [1.54, 1.807) is 0 Å². The molecule has 1 amide bonds. The first-order valence-electron chi connectivity index (χ1n) is 15.3. The summed E-state index contributed by atoms with van der Waals surface area (Å²) in [4.78, 5) is 33.0. The smallest absolute Gasteiger partial charge is 0.410 e. The molecule has 3 N–H and O–H groups in total. The van der Waals surface area contributed by atoms with Crippen molar-refractivity contribution in [3.8, 4) is 23.9 Å². The average Bonchev–Trinajstić information content (AvgIpc) is 3.30. The molecule has 3 aromatic heterocycles. The molecule has 5 rings (SSSR count). The van der Waals surface area contributed by atoms with E-state index in [2.05, 4.69) is 59.4 Å². The molecule has 10 nitrogen and oxygen atoms in total. The average molecular weight is 571 g/mol. The molecule has 0 spiro atoms. The van der Waals surface area contributed by atoms with Crippen LogP contribution in [-0.2, 0) is 6.54 Å². The molecule has 2 saturated carbocycles. The number of anilines is 1. The van der Waals surface area contributed by atoms with Crippen LogP contribution in [0.3, 0.4) is 0 Å². The topological polar surface area (TPSA) is 133 Å². The van der Waals surface area contributed by atoms with E-state index in [-0.39, 0.29) is 17.7 Å². The van der Waals surface area contributed by atoms with Gasteiger partial charge in [0.1, 0.15) is 11.2 Å². The van der Waals surface area contributed by atoms with Gasteiger partial charge in [-0.15, -0.1) is 12.3 Å². The van der Waals surface area contributed by atoms with Crippen LogP contribution in [0.25, 0.3) is 22.7 Å². The van der Waals surface area contributed by atoms with Crippen LogP contribution in [0.1, 0.15) is 89.9 Å². The summed E-state index contributed by atoms with van der Waals surface area (Å²) < 4.78 is 2.23. The summed E-state index contributed by atoms with van der Waals surface area (Å²) in [6.07, 6.45) is 13.9. The maximum Gasteiger partial charge on any atom is 0.410 e. The van der Waals surface area contributed by atoms with Crippen LogP contribution in [0.15, 0.2) is 18.3 Å². The van der Waals surface area contributed by atoms with Gasteiger partial charge in [-0.1, -0.05) is 20.3 Å². The largest absolute Gasteiger partial charge is 0.465 e. The van der Waals surface area contributed by atoms with E-state index < -0.39 is 6.09 Å². The Bertz CT molecular complexity index is 1490. The predicted molar refractivity (Wildman–Crippen MR) is 165 cm³/mol. The standard InChI is InChI=1S/C32H42N8O2/c1-6-21-11-13-22(14-12-21)18-40-26-28(37-30(40)25-17-24(19(3)4)15-16-34-25)36-29(27(33)35-32(41)42)38-31(26)39(7-2)20(5)23-9-8-10-23/h1,15-17,19-23H,7-14,18H2,2-5H3,(H2,33,35)(H,41,42)/t20-,21?,22?/m1/s1. The summed E-state index contributed by atoms with van der Waals surface area (Å²) in [5.74, 6) is 5.59. The van der Waals surface area contributed by atoms with Crippen LogP contribution in [0.5, 0.6) is 0 Å². The van der Waals surface area contributed by atoms with Gasteiger partial charge < -0.3 is 14.6 Å². The predicted octanol–water partition coefficient (Wildman–Crippen LogP) is 6.06. The van der Waals surface area contributed by atoms with Gasteiger partial charge in [-0.25, -0.2) is 19.7 Å². The van der Waals surface area contributed by atoms with Gasteiger partial charge >= 0.3 is 6.09 Å². The number of carboxylic acid groups (broad SMARTS) is 1. The molecule has 2 aliphatic rings. The van der Waals surface area contributed by atoms with Gasteiger partial charge in [-0.2, -0.15) is 0 Å². The van der Waals surface area contributed by atoms with Gasteiger partial charge in [0.15, 0.2) is 28.9 Å². The molecule has 42 heavy (non-hydrogen) atoms. The molecule has 0 radical (unpaired) electrons. The van der Waals surface area contributed by atoms with Crippen molar-refractivity contribution in [3.05, 3.63) is 29.7 Å². The molecule has 3 aromatic rings. The zero-order chi connectivity index (χ0) is 30.0. The van der Waals surface area contributed by atoms with Crippen molar-refractivity contribution in [2.45, 2.75) is 91.1 Å². The van der Waals surface area contributed by atoms with E-state index in [1.165, 1.54) is 24.8 Å². The Morgan fingerprint density at radius 1 is 1.19 bits per heavy atom. The maximum atomic E-state index is 11.4. The third kappa shape index (κ3) is 5.96. The van der Waals surface area contributed by atoms with E-state index in [0.717, 1.165) is 43.4 Å². The number of nitrogens with one attached hydrogen (secondary N) is 2. The summed E-state index contributed by atoms with van der Waals surface area (Å²) in [6, 6.07) is 4.34. The van der Waals surface area contributed by atoms with Gasteiger partial charge in [0.05, 0.1) is 0 Å². The molecule has 0 aliphatic heterocycles. The second-order valence-corrected chi connectivity index (χ2v) is 12.1. The molecule has 1 atom stereocenters. The molecule has 0 aromatic carbocycles. The lowest BCUT2D eigenvalue weighted by molar-refractivity contribution is 0.200. The molecular weight excluding hydrogens is 528 g/mol. The Morgan fingerprint density at radius 2 is 1.93 bits per heavy atom. The highest BCUT2D eigenvalue weighted by Crippen LogP contribution is 2.38. The molecule has 0 bridgehead atoms. The third-order valence-electron chi connectivity index (χ3n) is 9.18. The molecule has 3 heterocycles. The lowest BCUT2D eigenvalue weighted by Gasteiger charge is -2.39. The summed E-state index contributed by atoms with van der Waals surface area (Å²) in [7, 11) is 0. The third-order valence-corrected chi connectivity index (χ3v) is 9.18. The minimum atomic E-state index is -1.33. The van der Waals surface area contributed by atoms with Crippen molar-refractivity contribution < 1.29 is 9.90 Å². The number of amidine groups is 1. The lowest BCUT2D eigenvalue weighted by Crippen LogP contribution is -2.42. The fourth-order valence-electron chi connectivity index (χ4n) is 6.37. The minimum absolute atomic E-state index is 0.00813. The van der Waals surface area contributed by atoms with Crippen LogP contribution in [0.2, 0.25) is 0 Å². The minimum Gasteiger partial charge on any atom is -0.465 e. The molecule has 0 unspecified atom stereocenters. The van der Waals surface area contributed by atoms with E-state index in [1.807, 2.05) is 12.3 Å². The fraction of sp³-hybridized carbons (Fsp3) is 0.562. The molecule has 0 saturated heterocycles.